The van der Waals surface area contributed by atoms with Gasteiger partial charge in [0.25, 0.3) is 0 Å². The van der Waals surface area contributed by atoms with Crippen molar-refractivity contribution in [2.75, 3.05) is 6.61 Å². The van der Waals surface area contributed by atoms with Crippen LogP contribution < -0.4 is 0 Å². The molecule has 118 valence electrons. The third-order valence-electron chi connectivity index (χ3n) is 4.35. The molecule has 2 rings (SSSR count). The standard InChI is InChI=1S/C16H19NO4S/c1-12-5-6-14(11-13(12)2)22(19,20)16(7-3-4-8-16)15(18)21-10-9-17/h5-6,11H,3-4,7-8,10H2,1-2H3. The minimum atomic E-state index is -3.85. The molecule has 0 aromatic heterocycles. The number of nitriles is 1. The molecule has 1 saturated carbocycles. The van der Waals surface area contributed by atoms with Crippen LogP contribution >= 0.6 is 0 Å². The molecule has 0 amide bonds. The van der Waals surface area contributed by atoms with E-state index in [2.05, 4.69) is 0 Å². The van der Waals surface area contributed by atoms with Crippen molar-refractivity contribution in [1.29, 1.82) is 5.26 Å². The van der Waals surface area contributed by atoms with E-state index >= 15 is 0 Å². The van der Waals surface area contributed by atoms with E-state index in [1.54, 1.807) is 18.2 Å². The number of rotatable bonds is 4. The molecule has 0 N–H and O–H groups in total. The maximum atomic E-state index is 13.0. The van der Waals surface area contributed by atoms with E-state index < -0.39 is 27.2 Å². The first-order chi connectivity index (χ1) is 10.3. The Labute approximate surface area is 130 Å². The van der Waals surface area contributed by atoms with Crippen LogP contribution in [0.5, 0.6) is 0 Å². The monoisotopic (exact) mass is 321 g/mol. The van der Waals surface area contributed by atoms with Crippen LogP contribution in [-0.2, 0) is 19.4 Å². The van der Waals surface area contributed by atoms with E-state index in [1.165, 1.54) is 6.07 Å². The van der Waals surface area contributed by atoms with Gasteiger partial charge in [-0.3, -0.25) is 4.79 Å². The number of esters is 1. The van der Waals surface area contributed by atoms with E-state index in [-0.39, 0.29) is 17.7 Å². The molecule has 0 saturated heterocycles. The number of hydrogen-bond acceptors (Lipinski definition) is 5. The van der Waals surface area contributed by atoms with Crippen LogP contribution in [0.15, 0.2) is 23.1 Å². The highest BCUT2D eigenvalue weighted by Crippen LogP contribution is 2.41. The van der Waals surface area contributed by atoms with Gasteiger partial charge in [-0.2, -0.15) is 5.26 Å². The zero-order valence-electron chi connectivity index (χ0n) is 12.8. The molecule has 1 aliphatic rings. The lowest BCUT2D eigenvalue weighted by Gasteiger charge is -2.26. The molecule has 0 bridgehead atoms. The van der Waals surface area contributed by atoms with E-state index in [9.17, 15) is 13.2 Å². The first kappa shape index (κ1) is 16.5. The highest BCUT2D eigenvalue weighted by molar-refractivity contribution is 7.93. The fourth-order valence-corrected chi connectivity index (χ4v) is 5.00. The number of sulfone groups is 1. The second kappa shape index (κ2) is 6.09. The zero-order valence-corrected chi connectivity index (χ0v) is 13.6. The summed E-state index contributed by atoms with van der Waals surface area (Å²) in [5, 5.41) is 8.55. The van der Waals surface area contributed by atoms with Crippen molar-refractivity contribution < 1.29 is 17.9 Å². The normalized spacial score (nSPS) is 17.0. The Morgan fingerprint density at radius 3 is 2.45 bits per heavy atom. The number of aryl methyl sites for hydroxylation is 2. The van der Waals surface area contributed by atoms with Crippen LogP contribution in [-0.4, -0.2) is 25.7 Å². The largest absolute Gasteiger partial charge is 0.449 e. The number of benzene rings is 1. The van der Waals surface area contributed by atoms with Crippen molar-refractivity contribution in [2.24, 2.45) is 0 Å². The topological polar surface area (TPSA) is 84.2 Å². The van der Waals surface area contributed by atoms with E-state index in [0.717, 1.165) is 11.1 Å². The highest BCUT2D eigenvalue weighted by atomic mass is 32.2. The van der Waals surface area contributed by atoms with E-state index in [4.69, 9.17) is 10.00 Å². The number of carbonyl (C=O) groups excluding carboxylic acids is 1. The highest BCUT2D eigenvalue weighted by Gasteiger charge is 2.54. The van der Waals surface area contributed by atoms with Crippen molar-refractivity contribution in [3.8, 4) is 6.07 Å². The maximum Gasteiger partial charge on any atom is 0.328 e. The lowest BCUT2D eigenvalue weighted by atomic mass is 10.1. The van der Waals surface area contributed by atoms with Crippen LogP contribution in [0.4, 0.5) is 0 Å². The fourth-order valence-electron chi connectivity index (χ4n) is 2.86. The van der Waals surface area contributed by atoms with Crippen molar-refractivity contribution >= 4 is 15.8 Å². The van der Waals surface area contributed by atoms with Gasteiger partial charge in [0, 0.05) is 0 Å². The molecular weight excluding hydrogens is 302 g/mol. The van der Waals surface area contributed by atoms with E-state index in [0.29, 0.717) is 12.8 Å². The molecule has 6 heteroatoms. The van der Waals surface area contributed by atoms with Gasteiger partial charge in [-0.05, 0) is 49.9 Å². The molecule has 1 aromatic carbocycles. The first-order valence-corrected chi connectivity index (χ1v) is 8.69. The molecule has 0 unspecified atom stereocenters. The lowest BCUT2D eigenvalue weighted by Crippen LogP contribution is -2.45. The number of hydrogen-bond donors (Lipinski definition) is 0. The van der Waals surface area contributed by atoms with Gasteiger partial charge < -0.3 is 4.74 Å². The summed E-state index contributed by atoms with van der Waals surface area (Å²) in [4.78, 5) is 12.5. The Morgan fingerprint density at radius 2 is 1.91 bits per heavy atom. The predicted octanol–water partition coefficient (Wildman–Crippen LogP) is 2.46. The van der Waals surface area contributed by atoms with Crippen LogP contribution in [0.1, 0.15) is 36.8 Å². The fraction of sp³-hybridized carbons (Fsp3) is 0.500. The average Bonchev–Trinajstić information content (AvgIpc) is 2.98. The minimum Gasteiger partial charge on any atom is -0.449 e. The Kier molecular flexibility index (Phi) is 4.57. The van der Waals surface area contributed by atoms with Gasteiger partial charge in [0.15, 0.2) is 21.2 Å². The van der Waals surface area contributed by atoms with Gasteiger partial charge in [0.05, 0.1) is 4.90 Å². The zero-order chi connectivity index (χ0) is 16.4. The quantitative estimate of drug-likeness (QED) is 0.795. The van der Waals surface area contributed by atoms with Crippen LogP contribution in [0.3, 0.4) is 0 Å². The molecule has 0 spiro atoms. The van der Waals surface area contributed by atoms with Gasteiger partial charge in [0.1, 0.15) is 6.07 Å². The molecule has 1 aromatic rings. The Morgan fingerprint density at radius 1 is 1.27 bits per heavy atom. The molecule has 1 fully saturated rings. The number of nitrogens with zero attached hydrogens (tertiary/aromatic N) is 1. The minimum absolute atomic E-state index is 0.145. The summed E-state index contributed by atoms with van der Waals surface area (Å²) in [6.45, 7) is 3.31. The molecule has 0 heterocycles. The number of carbonyl (C=O) groups is 1. The van der Waals surface area contributed by atoms with Gasteiger partial charge in [-0.1, -0.05) is 18.9 Å². The second-order valence-electron chi connectivity index (χ2n) is 5.69. The molecule has 0 aliphatic heterocycles. The summed E-state index contributed by atoms with van der Waals surface area (Å²) in [7, 11) is -3.85. The molecule has 1 aliphatic carbocycles. The van der Waals surface area contributed by atoms with Crippen LogP contribution in [0.25, 0.3) is 0 Å². The summed E-state index contributed by atoms with van der Waals surface area (Å²) >= 11 is 0. The van der Waals surface area contributed by atoms with Gasteiger partial charge >= 0.3 is 5.97 Å². The van der Waals surface area contributed by atoms with Crippen LogP contribution in [0.2, 0.25) is 0 Å². The van der Waals surface area contributed by atoms with Crippen molar-refractivity contribution in [3.05, 3.63) is 29.3 Å². The van der Waals surface area contributed by atoms with Crippen molar-refractivity contribution in [2.45, 2.75) is 49.2 Å². The Hall–Kier alpha value is -1.87. The van der Waals surface area contributed by atoms with E-state index in [1.807, 2.05) is 13.8 Å². The average molecular weight is 321 g/mol. The SMILES string of the molecule is Cc1ccc(S(=O)(=O)C2(C(=O)OCC#N)CCCC2)cc1C. The third-order valence-corrected chi connectivity index (χ3v) is 6.83. The van der Waals surface area contributed by atoms with Gasteiger partial charge in [0.2, 0.25) is 0 Å². The predicted molar refractivity (Wildman–Crippen MR) is 80.9 cm³/mol. The Bertz CT molecular complexity index is 725. The molecule has 0 radical (unpaired) electrons. The molecule has 0 atom stereocenters. The van der Waals surface area contributed by atoms with Gasteiger partial charge in [-0.25, -0.2) is 8.42 Å². The number of ether oxygens (including phenoxy) is 1. The van der Waals surface area contributed by atoms with Crippen molar-refractivity contribution in [1.82, 2.24) is 0 Å². The molecule has 22 heavy (non-hydrogen) atoms. The summed E-state index contributed by atoms with van der Waals surface area (Å²) in [5.41, 5.74) is 1.85. The second-order valence-corrected chi connectivity index (χ2v) is 7.94. The maximum absolute atomic E-state index is 13.0. The first-order valence-electron chi connectivity index (χ1n) is 7.21. The summed E-state index contributed by atoms with van der Waals surface area (Å²) < 4.78 is 29.4. The smallest absolute Gasteiger partial charge is 0.328 e. The van der Waals surface area contributed by atoms with Gasteiger partial charge in [-0.15, -0.1) is 0 Å². The summed E-state index contributed by atoms with van der Waals surface area (Å²) in [6, 6.07) is 6.59. The third kappa shape index (κ3) is 2.61. The molecular formula is C16H19NO4S. The lowest BCUT2D eigenvalue weighted by molar-refractivity contribution is -0.145. The van der Waals surface area contributed by atoms with Crippen molar-refractivity contribution in [3.63, 3.8) is 0 Å². The summed E-state index contributed by atoms with van der Waals surface area (Å²) in [6.07, 6.45) is 1.80. The Balaban J connectivity index is 2.49. The molecule has 5 nitrogen and oxygen atoms in total. The van der Waals surface area contributed by atoms with Crippen LogP contribution in [0, 0.1) is 25.2 Å². The summed E-state index contributed by atoms with van der Waals surface area (Å²) in [5.74, 6) is -0.801.